The fourth-order valence-electron chi connectivity index (χ4n) is 3.53. The molecular weight excluding hydrogens is 406 g/mol. The number of H-pyrrole nitrogens is 1. The molecule has 5 aromatic rings. The van der Waals surface area contributed by atoms with Gasteiger partial charge >= 0.3 is 0 Å². The van der Waals surface area contributed by atoms with Gasteiger partial charge in [0.25, 0.3) is 0 Å². The number of oxazole rings is 1. The summed E-state index contributed by atoms with van der Waals surface area (Å²) in [5, 5.41) is 5.51. The van der Waals surface area contributed by atoms with E-state index in [-0.39, 0.29) is 11.8 Å². The molecule has 8 nitrogen and oxygen atoms in total. The SMILES string of the molecule is CC(=O)Nc1ccc2oc(-c3ccc(-c4nc5ccc(NC(C)=O)cc5[nH]4)cc3)nc2c1. The van der Waals surface area contributed by atoms with Gasteiger partial charge in [-0.1, -0.05) is 12.1 Å². The third-order valence-corrected chi connectivity index (χ3v) is 4.92. The van der Waals surface area contributed by atoms with E-state index in [0.29, 0.717) is 28.4 Å². The molecule has 0 saturated heterocycles. The maximum absolute atomic E-state index is 11.3. The number of aromatic nitrogens is 3. The molecule has 0 aliphatic heterocycles. The molecule has 32 heavy (non-hydrogen) atoms. The molecule has 0 atom stereocenters. The lowest BCUT2D eigenvalue weighted by atomic mass is 10.1. The van der Waals surface area contributed by atoms with Crippen molar-refractivity contribution in [2.24, 2.45) is 0 Å². The Hall–Kier alpha value is -4.46. The summed E-state index contributed by atoms with van der Waals surface area (Å²) < 4.78 is 5.87. The van der Waals surface area contributed by atoms with Gasteiger partial charge in [-0.15, -0.1) is 0 Å². The molecule has 0 aliphatic rings. The zero-order valence-corrected chi connectivity index (χ0v) is 17.4. The van der Waals surface area contributed by atoms with E-state index < -0.39 is 0 Å². The number of fused-ring (bicyclic) bond motifs is 2. The summed E-state index contributed by atoms with van der Waals surface area (Å²) in [6.45, 7) is 2.94. The van der Waals surface area contributed by atoms with Crippen LogP contribution in [0.5, 0.6) is 0 Å². The summed E-state index contributed by atoms with van der Waals surface area (Å²) in [5.74, 6) is 0.964. The molecule has 8 heteroatoms. The molecule has 0 fully saturated rings. The lowest BCUT2D eigenvalue weighted by Gasteiger charge is -2.00. The first-order valence-corrected chi connectivity index (χ1v) is 10.0. The van der Waals surface area contributed by atoms with Gasteiger partial charge in [-0.2, -0.15) is 0 Å². The van der Waals surface area contributed by atoms with Gasteiger partial charge in [-0.25, -0.2) is 9.97 Å². The molecule has 3 N–H and O–H groups in total. The lowest BCUT2D eigenvalue weighted by molar-refractivity contribution is -0.115. The molecule has 5 rings (SSSR count). The highest BCUT2D eigenvalue weighted by Gasteiger charge is 2.11. The second-order valence-electron chi connectivity index (χ2n) is 7.46. The first-order valence-electron chi connectivity index (χ1n) is 10.0. The van der Waals surface area contributed by atoms with Crippen molar-refractivity contribution in [2.75, 3.05) is 10.6 Å². The predicted octanol–water partition coefficient (Wildman–Crippen LogP) is 4.95. The van der Waals surface area contributed by atoms with Crippen LogP contribution in [0.25, 0.3) is 45.0 Å². The molecule has 158 valence electrons. The Morgan fingerprint density at radius 1 is 0.781 bits per heavy atom. The third kappa shape index (κ3) is 3.81. The second-order valence-corrected chi connectivity index (χ2v) is 7.46. The highest BCUT2D eigenvalue weighted by molar-refractivity contribution is 5.92. The van der Waals surface area contributed by atoms with Crippen LogP contribution in [0.4, 0.5) is 11.4 Å². The van der Waals surface area contributed by atoms with Gasteiger partial charge in [-0.3, -0.25) is 9.59 Å². The van der Waals surface area contributed by atoms with Crippen molar-refractivity contribution in [2.45, 2.75) is 13.8 Å². The first-order chi connectivity index (χ1) is 15.4. The van der Waals surface area contributed by atoms with Crippen LogP contribution in [-0.4, -0.2) is 26.8 Å². The van der Waals surface area contributed by atoms with Crippen molar-refractivity contribution in [3.63, 3.8) is 0 Å². The minimum absolute atomic E-state index is 0.120. The van der Waals surface area contributed by atoms with Gasteiger partial charge in [0, 0.05) is 36.3 Å². The van der Waals surface area contributed by atoms with Gasteiger partial charge in [0.2, 0.25) is 17.7 Å². The zero-order chi connectivity index (χ0) is 22.2. The number of hydrogen-bond acceptors (Lipinski definition) is 5. The maximum atomic E-state index is 11.3. The standard InChI is InChI=1S/C24H19N5O3/c1-13(30)25-17-7-9-19-20(11-17)28-23(27-19)15-3-5-16(6-4-15)24-29-21-12-18(26-14(2)31)8-10-22(21)32-24/h3-12H,1-2H3,(H,25,30)(H,26,31)(H,27,28). The fourth-order valence-corrected chi connectivity index (χ4v) is 3.53. The Bertz CT molecular complexity index is 1370. The molecule has 2 heterocycles. The second kappa shape index (κ2) is 7.66. The smallest absolute Gasteiger partial charge is 0.227 e. The van der Waals surface area contributed by atoms with Crippen LogP contribution in [-0.2, 0) is 9.59 Å². The summed E-state index contributed by atoms with van der Waals surface area (Å²) in [7, 11) is 0. The Labute approximate surface area is 182 Å². The summed E-state index contributed by atoms with van der Waals surface area (Å²) >= 11 is 0. The monoisotopic (exact) mass is 425 g/mol. The van der Waals surface area contributed by atoms with Crippen molar-refractivity contribution in [1.29, 1.82) is 0 Å². The average Bonchev–Trinajstić information content (AvgIpc) is 3.36. The number of nitrogens with zero attached hydrogens (tertiary/aromatic N) is 2. The molecule has 0 saturated carbocycles. The van der Waals surface area contributed by atoms with E-state index >= 15 is 0 Å². The summed E-state index contributed by atoms with van der Waals surface area (Å²) in [4.78, 5) is 35.0. The highest BCUT2D eigenvalue weighted by Crippen LogP contribution is 2.29. The molecule has 0 aliphatic carbocycles. The first kappa shape index (κ1) is 19.5. The maximum Gasteiger partial charge on any atom is 0.227 e. The summed E-state index contributed by atoms with van der Waals surface area (Å²) in [5.41, 5.74) is 6.09. The van der Waals surface area contributed by atoms with Gasteiger partial charge in [0.15, 0.2) is 5.58 Å². The minimum atomic E-state index is -0.138. The van der Waals surface area contributed by atoms with Gasteiger partial charge in [0.05, 0.1) is 11.0 Å². The van der Waals surface area contributed by atoms with Gasteiger partial charge in [0.1, 0.15) is 11.3 Å². The molecule has 0 unspecified atom stereocenters. The fraction of sp³-hybridized carbons (Fsp3) is 0.0833. The lowest BCUT2D eigenvalue weighted by Crippen LogP contribution is -2.05. The van der Waals surface area contributed by atoms with E-state index in [1.54, 1.807) is 18.2 Å². The number of hydrogen-bond donors (Lipinski definition) is 3. The number of carbonyl (C=O) groups is 2. The van der Waals surface area contributed by atoms with Crippen molar-refractivity contribution in [1.82, 2.24) is 15.0 Å². The Balaban J connectivity index is 1.42. The Kier molecular flexibility index (Phi) is 4.67. The third-order valence-electron chi connectivity index (χ3n) is 4.92. The van der Waals surface area contributed by atoms with E-state index in [1.807, 2.05) is 42.5 Å². The van der Waals surface area contributed by atoms with Crippen molar-refractivity contribution in [3.05, 3.63) is 60.7 Å². The van der Waals surface area contributed by atoms with E-state index in [2.05, 4.69) is 25.6 Å². The van der Waals surface area contributed by atoms with Crippen molar-refractivity contribution >= 4 is 45.3 Å². The Morgan fingerprint density at radius 3 is 2.16 bits per heavy atom. The van der Waals surface area contributed by atoms with Crippen LogP contribution in [0.2, 0.25) is 0 Å². The van der Waals surface area contributed by atoms with Crippen LogP contribution >= 0.6 is 0 Å². The molecular formula is C24H19N5O3. The molecule has 0 spiro atoms. The number of anilines is 2. The van der Waals surface area contributed by atoms with Crippen LogP contribution < -0.4 is 10.6 Å². The number of rotatable bonds is 4. The normalized spacial score (nSPS) is 11.1. The number of carbonyl (C=O) groups excluding carboxylic acids is 2. The highest BCUT2D eigenvalue weighted by atomic mass is 16.3. The number of nitrogens with one attached hydrogen (secondary N) is 3. The topological polar surface area (TPSA) is 113 Å². The van der Waals surface area contributed by atoms with E-state index in [9.17, 15) is 9.59 Å². The molecule has 2 amide bonds. The van der Waals surface area contributed by atoms with Crippen LogP contribution in [0, 0.1) is 0 Å². The number of benzene rings is 3. The van der Waals surface area contributed by atoms with Crippen LogP contribution in [0.15, 0.2) is 65.1 Å². The Morgan fingerprint density at radius 2 is 1.44 bits per heavy atom. The molecule has 2 aromatic heterocycles. The van der Waals surface area contributed by atoms with Crippen molar-refractivity contribution in [3.8, 4) is 22.8 Å². The predicted molar refractivity (Wildman–Crippen MR) is 123 cm³/mol. The largest absolute Gasteiger partial charge is 0.436 e. The van der Waals surface area contributed by atoms with E-state index in [0.717, 1.165) is 28.0 Å². The minimum Gasteiger partial charge on any atom is -0.436 e. The van der Waals surface area contributed by atoms with Crippen LogP contribution in [0.1, 0.15) is 13.8 Å². The summed E-state index contributed by atoms with van der Waals surface area (Å²) in [6.07, 6.45) is 0. The van der Waals surface area contributed by atoms with Crippen molar-refractivity contribution < 1.29 is 14.0 Å². The zero-order valence-electron chi connectivity index (χ0n) is 17.4. The number of imidazole rings is 1. The number of aromatic amines is 1. The summed E-state index contributed by atoms with van der Waals surface area (Å²) in [6, 6.07) is 18.6. The van der Waals surface area contributed by atoms with Gasteiger partial charge in [-0.05, 0) is 48.5 Å². The van der Waals surface area contributed by atoms with Crippen LogP contribution in [0.3, 0.4) is 0 Å². The molecule has 3 aromatic carbocycles. The van der Waals surface area contributed by atoms with E-state index in [4.69, 9.17) is 4.42 Å². The number of amides is 2. The quantitative estimate of drug-likeness (QED) is 0.377. The average molecular weight is 425 g/mol. The molecule has 0 bridgehead atoms. The molecule has 0 radical (unpaired) electrons. The van der Waals surface area contributed by atoms with E-state index in [1.165, 1.54) is 13.8 Å². The van der Waals surface area contributed by atoms with Gasteiger partial charge < -0.3 is 20.0 Å².